The molecule has 0 aliphatic rings. The Balaban J connectivity index is 1.81. The van der Waals surface area contributed by atoms with Gasteiger partial charge in [-0.1, -0.05) is 36.4 Å². The summed E-state index contributed by atoms with van der Waals surface area (Å²) in [5.74, 6) is -0.912. The Hall–Kier alpha value is -2.73. The molecule has 3 aromatic rings. The lowest BCUT2D eigenvalue weighted by molar-refractivity contribution is -0.113. The van der Waals surface area contributed by atoms with Crippen LogP contribution in [0.2, 0.25) is 0 Å². The van der Waals surface area contributed by atoms with Crippen LogP contribution in [0.1, 0.15) is 0 Å². The summed E-state index contributed by atoms with van der Waals surface area (Å²) >= 11 is 0. The first kappa shape index (κ1) is 15.2. The molecule has 0 bridgehead atoms. The molecule has 3 rings (SSSR count). The van der Waals surface area contributed by atoms with Crippen molar-refractivity contribution in [2.75, 3.05) is 11.1 Å². The van der Waals surface area contributed by atoms with Crippen LogP contribution in [0, 0.1) is 0 Å². The van der Waals surface area contributed by atoms with Crippen LogP contribution in [0.3, 0.4) is 0 Å². The minimum Gasteiger partial charge on any atom is -0.310 e. The van der Waals surface area contributed by atoms with Gasteiger partial charge in [-0.15, -0.1) is 0 Å². The molecular weight excluding hydrogens is 312 g/mol. The summed E-state index contributed by atoms with van der Waals surface area (Å²) in [7, 11) is -3.71. The molecule has 2 aromatic carbocycles. The van der Waals surface area contributed by atoms with E-state index in [0.717, 1.165) is 10.8 Å². The van der Waals surface area contributed by atoms with Gasteiger partial charge in [0.1, 0.15) is 11.6 Å². The Morgan fingerprint density at radius 3 is 2.43 bits per heavy atom. The number of sulfone groups is 1. The van der Waals surface area contributed by atoms with Gasteiger partial charge in [-0.05, 0) is 35.0 Å². The molecule has 23 heavy (non-hydrogen) atoms. The quantitative estimate of drug-likeness (QED) is 0.799. The van der Waals surface area contributed by atoms with Crippen LogP contribution < -0.4 is 5.32 Å². The van der Waals surface area contributed by atoms with Gasteiger partial charge in [-0.3, -0.25) is 4.79 Å². The molecule has 0 spiro atoms. The second-order valence-electron chi connectivity index (χ2n) is 5.03. The average molecular weight is 326 g/mol. The van der Waals surface area contributed by atoms with Gasteiger partial charge in [-0.2, -0.15) is 0 Å². The first-order chi connectivity index (χ1) is 11.0. The monoisotopic (exact) mass is 326 g/mol. The van der Waals surface area contributed by atoms with Crippen molar-refractivity contribution in [3.63, 3.8) is 0 Å². The van der Waals surface area contributed by atoms with Gasteiger partial charge in [0.05, 0.1) is 4.90 Å². The minimum absolute atomic E-state index is 0.132. The van der Waals surface area contributed by atoms with E-state index in [1.807, 2.05) is 24.3 Å². The molecule has 1 aromatic heterocycles. The highest BCUT2D eigenvalue weighted by molar-refractivity contribution is 7.92. The van der Waals surface area contributed by atoms with Crippen molar-refractivity contribution in [2.24, 2.45) is 0 Å². The Morgan fingerprint density at radius 2 is 1.70 bits per heavy atom. The molecule has 1 N–H and O–H groups in total. The lowest BCUT2D eigenvalue weighted by atomic mass is 10.1. The zero-order valence-corrected chi connectivity index (χ0v) is 13.0. The van der Waals surface area contributed by atoms with E-state index in [-0.39, 0.29) is 4.90 Å². The number of benzene rings is 2. The number of nitrogens with zero attached hydrogens (tertiary/aromatic N) is 1. The van der Waals surface area contributed by atoms with Gasteiger partial charge < -0.3 is 5.32 Å². The Labute approximate surface area is 133 Å². The number of nitrogens with one attached hydrogen (secondary N) is 1. The number of pyridine rings is 1. The van der Waals surface area contributed by atoms with E-state index in [9.17, 15) is 13.2 Å². The highest BCUT2D eigenvalue weighted by atomic mass is 32.2. The normalized spacial score (nSPS) is 11.3. The SMILES string of the molecule is O=C(CS(=O)(=O)c1ccc2ccccc2c1)Nc1ccccn1. The molecule has 0 atom stereocenters. The number of hydrogen-bond acceptors (Lipinski definition) is 4. The van der Waals surface area contributed by atoms with E-state index < -0.39 is 21.5 Å². The molecule has 0 aliphatic carbocycles. The standard InChI is InChI=1S/C17H14N2O3S/c20-17(19-16-7-3-4-10-18-16)12-23(21,22)15-9-8-13-5-1-2-6-14(13)11-15/h1-11H,12H2,(H,18,19,20). The number of carbonyl (C=O) groups excluding carboxylic acids is 1. The summed E-state index contributed by atoms with van der Waals surface area (Å²) in [6, 6.07) is 17.3. The second-order valence-corrected chi connectivity index (χ2v) is 7.02. The van der Waals surface area contributed by atoms with Crippen LogP contribution in [-0.4, -0.2) is 25.1 Å². The van der Waals surface area contributed by atoms with Crippen LogP contribution in [0.4, 0.5) is 5.82 Å². The predicted octanol–water partition coefficient (Wildman–Crippen LogP) is 2.65. The van der Waals surface area contributed by atoms with Gasteiger partial charge in [0.25, 0.3) is 0 Å². The molecule has 0 unspecified atom stereocenters. The van der Waals surface area contributed by atoms with E-state index >= 15 is 0 Å². The maximum atomic E-state index is 12.4. The third kappa shape index (κ3) is 3.54. The van der Waals surface area contributed by atoms with E-state index in [2.05, 4.69) is 10.3 Å². The third-order valence-corrected chi connectivity index (χ3v) is 4.95. The lowest BCUT2D eigenvalue weighted by Gasteiger charge is -2.07. The first-order valence-corrected chi connectivity index (χ1v) is 8.62. The maximum Gasteiger partial charge on any atom is 0.241 e. The van der Waals surface area contributed by atoms with Crippen LogP contribution in [0.25, 0.3) is 10.8 Å². The number of aromatic nitrogens is 1. The molecule has 0 aliphatic heterocycles. The van der Waals surface area contributed by atoms with Crippen molar-refractivity contribution >= 4 is 32.3 Å². The number of anilines is 1. The fraction of sp³-hybridized carbons (Fsp3) is 0.0588. The molecule has 0 fully saturated rings. The van der Waals surface area contributed by atoms with Gasteiger partial charge in [0, 0.05) is 6.20 Å². The van der Waals surface area contributed by atoms with Gasteiger partial charge >= 0.3 is 0 Å². The van der Waals surface area contributed by atoms with Crippen molar-refractivity contribution in [1.82, 2.24) is 4.98 Å². The van der Waals surface area contributed by atoms with Crippen LogP contribution in [0.15, 0.2) is 71.8 Å². The fourth-order valence-electron chi connectivity index (χ4n) is 2.23. The van der Waals surface area contributed by atoms with E-state index in [4.69, 9.17) is 0 Å². The zero-order valence-electron chi connectivity index (χ0n) is 12.1. The summed E-state index contributed by atoms with van der Waals surface area (Å²) < 4.78 is 24.8. The second kappa shape index (κ2) is 6.18. The first-order valence-electron chi connectivity index (χ1n) is 6.97. The van der Waals surface area contributed by atoms with Gasteiger partial charge in [0.15, 0.2) is 9.84 Å². The molecule has 6 heteroatoms. The van der Waals surface area contributed by atoms with Crippen molar-refractivity contribution in [2.45, 2.75) is 4.90 Å². The Bertz CT molecular complexity index is 954. The number of carbonyl (C=O) groups is 1. The van der Waals surface area contributed by atoms with E-state index in [0.29, 0.717) is 5.82 Å². The fourth-order valence-corrected chi connectivity index (χ4v) is 3.40. The minimum atomic E-state index is -3.71. The van der Waals surface area contributed by atoms with Gasteiger partial charge in [0.2, 0.25) is 5.91 Å². The van der Waals surface area contributed by atoms with Crippen LogP contribution in [0.5, 0.6) is 0 Å². The lowest BCUT2D eigenvalue weighted by Crippen LogP contribution is -2.23. The highest BCUT2D eigenvalue weighted by Crippen LogP contribution is 2.20. The Kier molecular flexibility index (Phi) is 4.08. The molecule has 0 saturated heterocycles. The molecule has 1 amide bonds. The average Bonchev–Trinajstić information content (AvgIpc) is 2.54. The molecule has 5 nitrogen and oxygen atoms in total. The number of rotatable bonds is 4. The molecule has 0 saturated carbocycles. The van der Waals surface area contributed by atoms with E-state index in [1.54, 1.807) is 30.3 Å². The largest absolute Gasteiger partial charge is 0.310 e. The summed E-state index contributed by atoms with van der Waals surface area (Å²) in [5, 5.41) is 4.24. The van der Waals surface area contributed by atoms with Crippen molar-refractivity contribution in [1.29, 1.82) is 0 Å². The predicted molar refractivity (Wildman–Crippen MR) is 88.9 cm³/mol. The van der Waals surface area contributed by atoms with Crippen molar-refractivity contribution in [3.8, 4) is 0 Å². The molecule has 116 valence electrons. The van der Waals surface area contributed by atoms with Crippen LogP contribution >= 0.6 is 0 Å². The van der Waals surface area contributed by atoms with Gasteiger partial charge in [-0.25, -0.2) is 13.4 Å². The van der Waals surface area contributed by atoms with E-state index in [1.165, 1.54) is 12.3 Å². The molecular formula is C17H14N2O3S. The Morgan fingerprint density at radius 1 is 0.957 bits per heavy atom. The van der Waals surface area contributed by atoms with Crippen molar-refractivity contribution < 1.29 is 13.2 Å². The zero-order chi connectivity index (χ0) is 16.3. The maximum absolute atomic E-state index is 12.4. The summed E-state index contributed by atoms with van der Waals surface area (Å²) in [5.41, 5.74) is 0. The number of amides is 1. The number of hydrogen-bond donors (Lipinski definition) is 1. The topological polar surface area (TPSA) is 76.1 Å². The summed E-state index contributed by atoms with van der Waals surface area (Å²) in [6.45, 7) is 0. The molecule has 0 radical (unpaired) electrons. The summed E-state index contributed by atoms with van der Waals surface area (Å²) in [4.78, 5) is 16.0. The summed E-state index contributed by atoms with van der Waals surface area (Å²) in [6.07, 6.45) is 1.52. The number of fused-ring (bicyclic) bond motifs is 1. The van der Waals surface area contributed by atoms with Crippen molar-refractivity contribution in [3.05, 3.63) is 66.9 Å². The highest BCUT2D eigenvalue weighted by Gasteiger charge is 2.20. The third-order valence-electron chi connectivity index (χ3n) is 3.33. The smallest absolute Gasteiger partial charge is 0.241 e. The molecule has 1 heterocycles. The van der Waals surface area contributed by atoms with Crippen LogP contribution in [-0.2, 0) is 14.6 Å².